The molecule has 0 radical (unpaired) electrons. The third-order valence-corrected chi connectivity index (χ3v) is 4.41. The van der Waals surface area contributed by atoms with Crippen molar-refractivity contribution in [3.8, 4) is 11.4 Å². The van der Waals surface area contributed by atoms with Gasteiger partial charge in [-0.1, -0.05) is 23.9 Å². The molecule has 0 bridgehead atoms. The second-order valence-electron chi connectivity index (χ2n) is 4.98. The number of rotatable bonds is 5. The zero-order valence-corrected chi connectivity index (χ0v) is 13.7. The van der Waals surface area contributed by atoms with E-state index in [1.807, 2.05) is 35.8 Å². The Morgan fingerprint density at radius 2 is 1.74 bits per heavy atom. The monoisotopic (exact) mass is 329 g/mol. The Balaban J connectivity index is 1.81. The first-order valence-electron chi connectivity index (χ1n) is 7.11. The standard InChI is InChI=1S/C17H16FN3OS/c1-12-19-20-17(23-11-13-3-5-14(18)6-4-13)21(12)15-7-9-16(22-2)10-8-15/h3-10H,11H2,1-2H3. The largest absolute Gasteiger partial charge is 0.497 e. The molecule has 0 fully saturated rings. The zero-order chi connectivity index (χ0) is 16.2. The summed E-state index contributed by atoms with van der Waals surface area (Å²) in [5.41, 5.74) is 2.02. The molecule has 0 aliphatic rings. The summed E-state index contributed by atoms with van der Waals surface area (Å²) >= 11 is 1.57. The molecule has 0 saturated carbocycles. The minimum atomic E-state index is -0.226. The van der Waals surface area contributed by atoms with E-state index in [1.54, 1.807) is 31.0 Å². The third-order valence-electron chi connectivity index (χ3n) is 3.41. The zero-order valence-electron chi connectivity index (χ0n) is 12.9. The predicted molar refractivity (Wildman–Crippen MR) is 88.6 cm³/mol. The summed E-state index contributed by atoms with van der Waals surface area (Å²) in [5.74, 6) is 2.10. The van der Waals surface area contributed by atoms with Crippen LogP contribution in [-0.2, 0) is 5.75 Å². The molecule has 0 aliphatic carbocycles. The lowest BCUT2D eigenvalue weighted by molar-refractivity contribution is 0.414. The second-order valence-corrected chi connectivity index (χ2v) is 5.92. The minimum absolute atomic E-state index is 0.226. The average Bonchev–Trinajstić information content (AvgIpc) is 2.95. The molecule has 23 heavy (non-hydrogen) atoms. The van der Waals surface area contributed by atoms with Crippen LogP contribution in [0, 0.1) is 12.7 Å². The lowest BCUT2D eigenvalue weighted by Gasteiger charge is -2.09. The molecule has 1 heterocycles. The van der Waals surface area contributed by atoms with E-state index in [4.69, 9.17) is 4.74 Å². The minimum Gasteiger partial charge on any atom is -0.497 e. The highest BCUT2D eigenvalue weighted by Crippen LogP contribution is 2.26. The van der Waals surface area contributed by atoms with Crippen molar-refractivity contribution in [3.63, 3.8) is 0 Å². The Bertz CT molecular complexity index is 785. The smallest absolute Gasteiger partial charge is 0.196 e. The molecule has 0 saturated heterocycles. The van der Waals surface area contributed by atoms with Crippen LogP contribution in [0.5, 0.6) is 5.75 Å². The maximum atomic E-state index is 13.0. The van der Waals surface area contributed by atoms with Crippen LogP contribution in [0.3, 0.4) is 0 Å². The fourth-order valence-corrected chi connectivity index (χ4v) is 3.15. The average molecular weight is 329 g/mol. The number of ether oxygens (including phenoxy) is 1. The van der Waals surface area contributed by atoms with Crippen molar-refractivity contribution in [1.82, 2.24) is 14.8 Å². The lowest BCUT2D eigenvalue weighted by atomic mass is 10.2. The van der Waals surface area contributed by atoms with Crippen molar-refractivity contribution in [1.29, 1.82) is 0 Å². The molecule has 0 atom stereocenters. The quantitative estimate of drug-likeness (QED) is 0.663. The SMILES string of the molecule is COc1ccc(-n2c(C)nnc2SCc2ccc(F)cc2)cc1. The number of halogens is 1. The van der Waals surface area contributed by atoms with Gasteiger partial charge in [0.25, 0.3) is 0 Å². The van der Waals surface area contributed by atoms with Gasteiger partial charge in [-0.2, -0.15) is 0 Å². The molecule has 3 rings (SSSR count). The van der Waals surface area contributed by atoms with Crippen LogP contribution in [0.4, 0.5) is 4.39 Å². The Morgan fingerprint density at radius 3 is 2.39 bits per heavy atom. The van der Waals surface area contributed by atoms with E-state index in [1.165, 1.54) is 12.1 Å². The van der Waals surface area contributed by atoms with E-state index in [2.05, 4.69) is 10.2 Å². The van der Waals surface area contributed by atoms with Crippen LogP contribution in [0.2, 0.25) is 0 Å². The molecule has 0 N–H and O–H groups in total. The molecular weight excluding hydrogens is 313 g/mol. The van der Waals surface area contributed by atoms with E-state index >= 15 is 0 Å². The first-order valence-corrected chi connectivity index (χ1v) is 8.09. The molecule has 2 aromatic carbocycles. The fourth-order valence-electron chi connectivity index (χ4n) is 2.19. The van der Waals surface area contributed by atoms with Crippen LogP contribution in [0.25, 0.3) is 5.69 Å². The second kappa shape index (κ2) is 6.83. The topological polar surface area (TPSA) is 39.9 Å². The van der Waals surface area contributed by atoms with Crippen molar-refractivity contribution in [2.24, 2.45) is 0 Å². The van der Waals surface area contributed by atoms with Crippen LogP contribution in [0.15, 0.2) is 53.7 Å². The predicted octanol–water partition coefficient (Wildman–Crippen LogP) is 4.02. The number of benzene rings is 2. The number of thioether (sulfide) groups is 1. The van der Waals surface area contributed by atoms with Crippen molar-refractivity contribution < 1.29 is 9.13 Å². The van der Waals surface area contributed by atoms with Gasteiger partial charge in [0.05, 0.1) is 7.11 Å². The van der Waals surface area contributed by atoms with Gasteiger partial charge in [-0.25, -0.2) is 4.39 Å². The third kappa shape index (κ3) is 3.53. The molecule has 0 aliphatic heterocycles. The maximum absolute atomic E-state index is 13.0. The summed E-state index contributed by atoms with van der Waals surface area (Å²) in [5, 5.41) is 9.20. The highest BCUT2D eigenvalue weighted by molar-refractivity contribution is 7.98. The Kier molecular flexibility index (Phi) is 4.62. The van der Waals surface area contributed by atoms with Crippen molar-refractivity contribution in [2.45, 2.75) is 17.8 Å². The van der Waals surface area contributed by atoms with Crippen LogP contribution < -0.4 is 4.74 Å². The molecule has 4 nitrogen and oxygen atoms in total. The molecule has 0 unspecified atom stereocenters. The van der Waals surface area contributed by atoms with E-state index < -0.39 is 0 Å². The summed E-state index contributed by atoms with van der Waals surface area (Å²) in [7, 11) is 1.64. The lowest BCUT2D eigenvalue weighted by Crippen LogP contribution is -1.99. The first-order chi connectivity index (χ1) is 11.2. The number of hydrogen-bond donors (Lipinski definition) is 0. The maximum Gasteiger partial charge on any atom is 0.196 e. The summed E-state index contributed by atoms with van der Waals surface area (Å²) in [6, 6.07) is 14.2. The van der Waals surface area contributed by atoms with Crippen molar-refractivity contribution in [3.05, 3.63) is 65.7 Å². The summed E-state index contributed by atoms with van der Waals surface area (Å²) in [4.78, 5) is 0. The van der Waals surface area contributed by atoms with Crippen LogP contribution >= 0.6 is 11.8 Å². The van der Waals surface area contributed by atoms with Gasteiger partial charge in [-0.05, 0) is 48.9 Å². The van der Waals surface area contributed by atoms with Crippen molar-refractivity contribution in [2.75, 3.05) is 7.11 Å². The Labute approximate surface area is 138 Å². The molecule has 0 amide bonds. The molecule has 3 aromatic rings. The first kappa shape index (κ1) is 15.6. The molecule has 1 aromatic heterocycles. The van der Waals surface area contributed by atoms with Gasteiger partial charge in [-0.15, -0.1) is 10.2 Å². The Hall–Kier alpha value is -2.34. The van der Waals surface area contributed by atoms with Gasteiger partial charge < -0.3 is 4.74 Å². The van der Waals surface area contributed by atoms with Gasteiger partial charge in [-0.3, -0.25) is 4.57 Å². The normalized spacial score (nSPS) is 10.7. The van der Waals surface area contributed by atoms with Gasteiger partial charge in [0.15, 0.2) is 5.16 Å². The van der Waals surface area contributed by atoms with Gasteiger partial charge in [0.1, 0.15) is 17.4 Å². The van der Waals surface area contributed by atoms with E-state index in [0.717, 1.165) is 28.0 Å². The van der Waals surface area contributed by atoms with Crippen molar-refractivity contribution >= 4 is 11.8 Å². The molecular formula is C17H16FN3OS. The van der Waals surface area contributed by atoms with Crippen LogP contribution in [0.1, 0.15) is 11.4 Å². The molecule has 0 spiro atoms. The van der Waals surface area contributed by atoms with Crippen LogP contribution in [-0.4, -0.2) is 21.9 Å². The summed E-state index contributed by atoms with van der Waals surface area (Å²) < 4.78 is 20.1. The van der Waals surface area contributed by atoms with E-state index in [9.17, 15) is 4.39 Å². The Morgan fingerprint density at radius 1 is 1.04 bits per heavy atom. The van der Waals surface area contributed by atoms with E-state index in [-0.39, 0.29) is 5.82 Å². The van der Waals surface area contributed by atoms with Gasteiger partial charge in [0.2, 0.25) is 0 Å². The van der Waals surface area contributed by atoms with E-state index in [0.29, 0.717) is 5.75 Å². The molecule has 118 valence electrons. The highest BCUT2D eigenvalue weighted by Gasteiger charge is 2.11. The number of aryl methyl sites for hydroxylation is 1. The number of methoxy groups -OCH3 is 1. The number of hydrogen-bond acceptors (Lipinski definition) is 4. The summed E-state index contributed by atoms with van der Waals surface area (Å²) in [6.07, 6.45) is 0. The highest BCUT2D eigenvalue weighted by atomic mass is 32.2. The summed E-state index contributed by atoms with van der Waals surface area (Å²) in [6.45, 7) is 1.92. The number of aromatic nitrogens is 3. The number of nitrogens with zero attached hydrogens (tertiary/aromatic N) is 3. The molecule has 6 heteroatoms. The van der Waals surface area contributed by atoms with Gasteiger partial charge >= 0.3 is 0 Å². The van der Waals surface area contributed by atoms with Gasteiger partial charge in [0, 0.05) is 11.4 Å². The fraction of sp³-hybridized carbons (Fsp3) is 0.176.